The molecule has 0 amide bonds. The molecule has 0 aliphatic rings. The summed E-state index contributed by atoms with van der Waals surface area (Å²) < 4.78 is 5.64. The fourth-order valence-corrected chi connectivity index (χ4v) is 1.59. The van der Waals surface area contributed by atoms with Crippen molar-refractivity contribution < 1.29 is 4.74 Å². The first kappa shape index (κ1) is 11.7. The van der Waals surface area contributed by atoms with Crippen LogP contribution in [0.15, 0.2) is 42.5 Å². The molecule has 86 valence electrons. The maximum Gasteiger partial charge on any atom is 0.128 e. The predicted octanol–water partition coefficient (Wildman–Crippen LogP) is 3.53. The molecule has 3 nitrogen and oxygen atoms in total. The lowest BCUT2D eigenvalue weighted by Crippen LogP contribution is -1.88. The van der Waals surface area contributed by atoms with Gasteiger partial charge >= 0.3 is 0 Å². The van der Waals surface area contributed by atoms with E-state index in [-0.39, 0.29) is 0 Å². The van der Waals surface area contributed by atoms with E-state index in [2.05, 4.69) is 12.1 Å². The Hall–Kier alpha value is -2.78. The molecule has 2 aromatic carbocycles. The molecule has 0 radical (unpaired) electrons. The van der Waals surface area contributed by atoms with E-state index in [9.17, 15) is 0 Å². The van der Waals surface area contributed by atoms with Gasteiger partial charge in [-0.3, -0.25) is 0 Å². The van der Waals surface area contributed by atoms with Crippen LogP contribution in [0.3, 0.4) is 0 Å². The highest BCUT2D eigenvalue weighted by Gasteiger charge is 2.02. The first-order valence-corrected chi connectivity index (χ1v) is 5.41. The smallest absolute Gasteiger partial charge is 0.128 e. The summed E-state index contributed by atoms with van der Waals surface area (Å²) in [6.45, 7) is 1.86. The van der Waals surface area contributed by atoms with E-state index in [4.69, 9.17) is 15.3 Å². The summed E-state index contributed by atoms with van der Waals surface area (Å²) in [4.78, 5) is 0. The van der Waals surface area contributed by atoms with E-state index >= 15 is 0 Å². The summed E-state index contributed by atoms with van der Waals surface area (Å²) in [5.41, 5.74) is 2.05. The van der Waals surface area contributed by atoms with Gasteiger partial charge in [0.25, 0.3) is 0 Å². The Kier molecular flexibility index (Phi) is 3.27. The van der Waals surface area contributed by atoms with E-state index in [0.717, 1.165) is 5.56 Å². The van der Waals surface area contributed by atoms with Gasteiger partial charge in [0, 0.05) is 0 Å². The molecule has 2 aromatic rings. The molecule has 0 aliphatic heterocycles. The molecule has 0 aromatic heterocycles. The molecule has 0 atom stereocenters. The molecule has 0 N–H and O–H groups in total. The number of benzene rings is 2. The van der Waals surface area contributed by atoms with Crippen molar-refractivity contribution in [2.75, 3.05) is 0 Å². The lowest BCUT2D eigenvalue weighted by atomic mass is 10.1. The fourth-order valence-electron chi connectivity index (χ4n) is 1.59. The number of nitriles is 2. The predicted molar refractivity (Wildman–Crippen MR) is 67.1 cm³/mol. The summed E-state index contributed by atoms with van der Waals surface area (Å²) in [5, 5.41) is 17.6. The Morgan fingerprint density at radius 1 is 0.944 bits per heavy atom. The van der Waals surface area contributed by atoms with Crippen molar-refractivity contribution in [3.05, 3.63) is 59.2 Å². The Morgan fingerprint density at radius 2 is 1.72 bits per heavy atom. The number of aryl methyl sites for hydroxylation is 1. The Balaban J connectivity index is 2.27. The Morgan fingerprint density at radius 3 is 2.39 bits per heavy atom. The molecule has 3 heteroatoms. The van der Waals surface area contributed by atoms with Crippen molar-refractivity contribution in [2.24, 2.45) is 0 Å². The highest BCUT2D eigenvalue weighted by atomic mass is 16.5. The zero-order valence-electron chi connectivity index (χ0n) is 9.84. The average Bonchev–Trinajstić information content (AvgIpc) is 2.39. The molecule has 0 aliphatic carbocycles. The molecule has 0 unspecified atom stereocenters. The van der Waals surface area contributed by atoms with Crippen LogP contribution in [0, 0.1) is 29.6 Å². The highest BCUT2D eigenvalue weighted by molar-refractivity contribution is 5.44. The van der Waals surface area contributed by atoms with Crippen LogP contribution < -0.4 is 4.74 Å². The zero-order chi connectivity index (χ0) is 13.0. The minimum Gasteiger partial charge on any atom is -0.457 e. The maximum atomic E-state index is 8.84. The second-order valence-corrected chi connectivity index (χ2v) is 3.83. The van der Waals surface area contributed by atoms with Gasteiger partial charge in [0.1, 0.15) is 11.5 Å². The third-order valence-corrected chi connectivity index (χ3v) is 2.52. The van der Waals surface area contributed by atoms with Gasteiger partial charge < -0.3 is 4.74 Å². The molecule has 0 fully saturated rings. The highest BCUT2D eigenvalue weighted by Crippen LogP contribution is 2.24. The van der Waals surface area contributed by atoms with Crippen LogP contribution in [-0.2, 0) is 0 Å². The van der Waals surface area contributed by atoms with Gasteiger partial charge in [-0.05, 0) is 48.9 Å². The average molecular weight is 234 g/mol. The Bertz CT molecular complexity index is 663. The normalized spacial score (nSPS) is 9.28. The quantitative estimate of drug-likeness (QED) is 0.798. The Labute approximate surface area is 105 Å². The van der Waals surface area contributed by atoms with Crippen LogP contribution in [-0.4, -0.2) is 0 Å². The minimum atomic E-state index is 0.554. The lowest BCUT2D eigenvalue weighted by molar-refractivity contribution is 0.482. The molecule has 0 saturated heterocycles. The number of hydrogen-bond acceptors (Lipinski definition) is 3. The first-order chi connectivity index (χ1) is 8.72. The van der Waals surface area contributed by atoms with Crippen molar-refractivity contribution in [3.8, 4) is 23.6 Å². The number of hydrogen-bond donors (Lipinski definition) is 0. The van der Waals surface area contributed by atoms with Crippen LogP contribution in [0.25, 0.3) is 0 Å². The molecular weight excluding hydrogens is 224 g/mol. The summed E-state index contributed by atoms with van der Waals surface area (Å²) in [6, 6.07) is 16.4. The third kappa shape index (κ3) is 2.48. The monoisotopic (exact) mass is 234 g/mol. The second kappa shape index (κ2) is 5.03. The largest absolute Gasteiger partial charge is 0.457 e. The van der Waals surface area contributed by atoms with Gasteiger partial charge in [-0.2, -0.15) is 10.5 Å². The van der Waals surface area contributed by atoms with Gasteiger partial charge in [-0.15, -0.1) is 0 Å². The number of rotatable bonds is 2. The van der Waals surface area contributed by atoms with Gasteiger partial charge in [0.2, 0.25) is 0 Å². The molecule has 0 saturated carbocycles. The molecule has 2 rings (SSSR count). The van der Waals surface area contributed by atoms with Gasteiger partial charge in [-0.25, -0.2) is 0 Å². The van der Waals surface area contributed by atoms with Gasteiger partial charge in [0.15, 0.2) is 0 Å². The van der Waals surface area contributed by atoms with Crippen LogP contribution in [0.2, 0.25) is 0 Å². The van der Waals surface area contributed by atoms with Crippen molar-refractivity contribution in [1.29, 1.82) is 10.5 Å². The van der Waals surface area contributed by atoms with Gasteiger partial charge in [-0.1, -0.05) is 6.07 Å². The first-order valence-electron chi connectivity index (χ1n) is 5.41. The maximum absolute atomic E-state index is 8.84. The minimum absolute atomic E-state index is 0.554. The van der Waals surface area contributed by atoms with Crippen molar-refractivity contribution in [2.45, 2.75) is 6.92 Å². The third-order valence-electron chi connectivity index (χ3n) is 2.52. The second-order valence-electron chi connectivity index (χ2n) is 3.83. The van der Waals surface area contributed by atoms with E-state index in [1.165, 1.54) is 0 Å². The molecule has 0 bridgehead atoms. The lowest BCUT2D eigenvalue weighted by Gasteiger charge is -2.07. The van der Waals surface area contributed by atoms with Crippen molar-refractivity contribution in [1.82, 2.24) is 0 Å². The van der Waals surface area contributed by atoms with Crippen molar-refractivity contribution >= 4 is 0 Å². The molecule has 18 heavy (non-hydrogen) atoms. The van der Waals surface area contributed by atoms with Crippen LogP contribution in [0.4, 0.5) is 0 Å². The molecule has 0 heterocycles. The summed E-state index contributed by atoms with van der Waals surface area (Å²) in [6.07, 6.45) is 0. The van der Waals surface area contributed by atoms with Crippen LogP contribution >= 0.6 is 0 Å². The standard InChI is InChI=1S/C15H10N2O/c1-11-7-15(6-5-13(11)10-17)18-14-4-2-3-12(8-14)9-16/h2-8H,1H3. The topological polar surface area (TPSA) is 56.8 Å². The summed E-state index contributed by atoms with van der Waals surface area (Å²) in [7, 11) is 0. The van der Waals surface area contributed by atoms with E-state index < -0.39 is 0 Å². The summed E-state index contributed by atoms with van der Waals surface area (Å²) in [5.74, 6) is 1.26. The van der Waals surface area contributed by atoms with Crippen LogP contribution in [0.5, 0.6) is 11.5 Å². The van der Waals surface area contributed by atoms with E-state index in [1.807, 2.05) is 6.92 Å². The number of nitrogens with zero attached hydrogens (tertiary/aromatic N) is 2. The van der Waals surface area contributed by atoms with E-state index in [0.29, 0.717) is 22.6 Å². The SMILES string of the molecule is Cc1cc(Oc2cccc(C#N)c2)ccc1C#N. The molecular formula is C15H10N2O. The van der Waals surface area contributed by atoms with Crippen LogP contribution in [0.1, 0.15) is 16.7 Å². The van der Waals surface area contributed by atoms with E-state index in [1.54, 1.807) is 42.5 Å². The van der Waals surface area contributed by atoms with Crippen molar-refractivity contribution in [3.63, 3.8) is 0 Å². The fraction of sp³-hybridized carbons (Fsp3) is 0.0667. The summed E-state index contributed by atoms with van der Waals surface area (Å²) >= 11 is 0. The molecule has 0 spiro atoms. The van der Waals surface area contributed by atoms with Gasteiger partial charge in [0.05, 0.1) is 23.3 Å². The number of ether oxygens (including phenoxy) is 1. The zero-order valence-corrected chi connectivity index (χ0v) is 9.84.